The van der Waals surface area contributed by atoms with Crippen molar-refractivity contribution in [3.05, 3.63) is 281 Å². The van der Waals surface area contributed by atoms with E-state index in [1.807, 2.05) is 11.3 Å². The molecule has 14 rings (SSSR count). The molecular weight excluding hydrogens is 791 g/mol. The topological polar surface area (TPSA) is 3.24 Å². The summed E-state index contributed by atoms with van der Waals surface area (Å²) in [5.74, 6) is 0. The Morgan fingerprint density at radius 2 is 0.719 bits per heavy atom. The van der Waals surface area contributed by atoms with Crippen molar-refractivity contribution in [3.8, 4) is 33.4 Å². The van der Waals surface area contributed by atoms with Gasteiger partial charge in [0.05, 0.1) is 16.5 Å². The smallest absolute Gasteiger partial charge is 0.0720 e. The van der Waals surface area contributed by atoms with Crippen LogP contribution in [0.25, 0.3) is 53.6 Å². The maximum Gasteiger partial charge on any atom is 0.0720 e. The lowest BCUT2D eigenvalue weighted by Crippen LogP contribution is -2.43. The number of rotatable bonds is 4. The average Bonchev–Trinajstić information content (AvgIpc) is 3.99. The second kappa shape index (κ2) is 13.4. The Morgan fingerprint density at radius 3 is 1.33 bits per heavy atom. The van der Waals surface area contributed by atoms with Gasteiger partial charge in [-0.05, 0) is 103 Å². The molecule has 0 radical (unpaired) electrons. The molecule has 10 aromatic carbocycles. The lowest BCUT2D eigenvalue weighted by Gasteiger charge is -2.48. The van der Waals surface area contributed by atoms with E-state index in [0.717, 1.165) is 17.1 Å². The van der Waals surface area contributed by atoms with Gasteiger partial charge in [-0.15, -0.1) is 11.3 Å². The van der Waals surface area contributed by atoms with Crippen molar-refractivity contribution in [1.29, 1.82) is 0 Å². The fraction of sp³-hybridized carbons (Fsp3) is 0.0323. The summed E-state index contributed by atoms with van der Waals surface area (Å²) in [4.78, 5) is 2.47. The van der Waals surface area contributed by atoms with E-state index in [1.165, 1.54) is 98.1 Å². The minimum Gasteiger partial charge on any atom is -0.310 e. The van der Waals surface area contributed by atoms with E-state index in [4.69, 9.17) is 0 Å². The van der Waals surface area contributed by atoms with E-state index in [0.29, 0.717) is 0 Å². The molecule has 3 aliphatic carbocycles. The third-order valence-corrected chi connectivity index (χ3v) is 15.8. The highest BCUT2D eigenvalue weighted by Gasteiger charge is 2.58. The van der Waals surface area contributed by atoms with Crippen LogP contribution in [0.3, 0.4) is 0 Å². The first-order valence-electron chi connectivity index (χ1n) is 22.3. The van der Waals surface area contributed by atoms with Crippen LogP contribution in [0.15, 0.2) is 237 Å². The summed E-state index contributed by atoms with van der Waals surface area (Å²) < 4.78 is 2.63. The van der Waals surface area contributed by atoms with Crippen LogP contribution in [-0.4, -0.2) is 0 Å². The number of anilines is 3. The van der Waals surface area contributed by atoms with E-state index >= 15 is 0 Å². The van der Waals surface area contributed by atoms with Gasteiger partial charge in [-0.2, -0.15) is 0 Å². The number of nitrogens with zero attached hydrogens (tertiary/aromatic N) is 1. The monoisotopic (exact) mass is 829 g/mol. The maximum absolute atomic E-state index is 2.47. The highest BCUT2D eigenvalue weighted by atomic mass is 32.1. The fourth-order valence-corrected chi connectivity index (χ4v) is 13.5. The quantitative estimate of drug-likeness (QED) is 0.171. The van der Waals surface area contributed by atoms with Gasteiger partial charge in [-0.25, -0.2) is 0 Å². The average molecular weight is 830 g/mol. The molecule has 0 amide bonds. The van der Waals surface area contributed by atoms with Crippen LogP contribution in [0.2, 0.25) is 0 Å². The molecule has 0 aliphatic heterocycles. The van der Waals surface area contributed by atoms with Crippen LogP contribution >= 0.6 is 11.3 Å². The normalized spacial score (nSPS) is 14.2. The largest absolute Gasteiger partial charge is 0.310 e. The van der Waals surface area contributed by atoms with Crippen molar-refractivity contribution in [2.45, 2.75) is 10.8 Å². The molecule has 298 valence electrons. The summed E-state index contributed by atoms with van der Waals surface area (Å²) in [5, 5.41) is 2.61. The third kappa shape index (κ3) is 4.53. The second-order valence-electron chi connectivity index (χ2n) is 17.4. The Hall–Kier alpha value is -7.78. The maximum atomic E-state index is 2.47. The Balaban J connectivity index is 1.03. The van der Waals surface area contributed by atoms with Crippen molar-refractivity contribution in [3.63, 3.8) is 0 Å². The molecular formula is C62H39NS. The fourth-order valence-electron chi connectivity index (χ4n) is 12.2. The van der Waals surface area contributed by atoms with Gasteiger partial charge in [0.15, 0.2) is 0 Å². The van der Waals surface area contributed by atoms with Crippen LogP contribution in [-0.2, 0) is 10.8 Å². The van der Waals surface area contributed by atoms with Crippen LogP contribution in [0.5, 0.6) is 0 Å². The van der Waals surface area contributed by atoms with Gasteiger partial charge < -0.3 is 4.90 Å². The molecule has 0 saturated heterocycles. The zero-order valence-electron chi connectivity index (χ0n) is 34.9. The molecule has 1 nitrogen and oxygen atoms in total. The predicted octanol–water partition coefficient (Wildman–Crippen LogP) is 16.2. The van der Waals surface area contributed by atoms with Crippen molar-refractivity contribution >= 4 is 48.6 Å². The van der Waals surface area contributed by atoms with Crippen molar-refractivity contribution in [2.24, 2.45) is 0 Å². The molecule has 3 aliphatic rings. The van der Waals surface area contributed by atoms with Crippen molar-refractivity contribution < 1.29 is 0 Å². The number of fused-ring (bicyclic) bond motifs is 19. The molecule has 0 bridgehead atoms. The summed E-state index contributed by atoms with van der Waals surface area (Å²) >= 11 is 1.89. The van der Waals surface area contributed by atoms with Crippen molar-refractivity contribution in [1.82, 2.24) is 0 Å². The summed E-state index contributed by atoms with van der Waals surface area (Å²) in [6, 6.07) is 88.9. The van der Waals surface area contributed by atoms with Gasteiger partial charge in [-0.1, -0.05) is 200 Å². The molecule has 0 N–H and O–H groups in total. The van der Waals surface area contributed by atoms with Crippen LogP contribution in [0, 0.1) is 0 Å². The Morgan fingerprint density at radius 1 is 0.281 bits per heavy atom. The van der Waals surface area contributed by atoms with Crippen molar-refractivity contribution in [2.75, 3.05) is 4.90 Å². The zero-order chi connectivity index (χ0) is 42.0. The highest BCUT2D eigenvalue weighted by Crippen LogP contribution is 2.67. The van der Waals surface area contributed by atoms with Gasteiger partial charge >= 0.3 is 0 Å². The van der Waals surface area contributed by atoms with E-state index < -0.39 is 10.8 Å². The van der Waals surface area contributed by atoms with Gasteiger partial charge in [0.1, 0.15) is 0 Å². The summed E-state index contributed by atoms with van der Waals surface area (Å²) in [6.45, 7) is 0. The van der Waals surface area contributed by atoms with E-state index in [9.17, 15) is 0 Å². The van der Waals surface area contributed by atoms with Gasteiger partial charge in [-0.3, -0.25) is 0 Å². The first-order chi connectivity index (χ1) is 31.8. The van der Waals surface area contributed by atoms with Gasteiger partial charge in [0.25, 0.3) is 0 Å². The highest BCUT2D eigenvalue weighted by molar-refractivity contribution is 7.26. The summed E-state index contributed by atoms with van der Waals surface area (Å²) in [7, 11) is 0. The Kier molecular flexibility index (Phi) is 7.47. The molecule has 0 saturated carbocycles. The molecule has 0 atom stereocenters. The minimum atomic E-state index is -0.540. The molecule has 1 heterocycles. The third-order valence-electron chi connectivity index (χ3n) is 14.6. The molecule has 1 aromatic heterocycles. The number of thiophene rings is 1. The van der Waals surface area contributed by atoms with Gasteiger partial charge in [0, 0.05) is 42.7 Å². The molecule has 11 aromatic rings. The zero-order valence-corrected chi connectivity index (χ0v) is 35.7. The number of hydrogen-bond donors (Lipinski definition) is 0. The lowest BCUT2D eigenvalue weighted by molar-refractivity contribution is 0.633. The van der Waals surface area contributed by atoms with Gasteiger partial charge in [0.2, 0.25) is 0 Å². The number of hydrogen-bond acceptors (Lipinski definition) is 2. The van der Waals surface area contributed by atoms with Crippen LogP contribution in [0.4, 0.5) is 17.1 Å². The standard InChI is InChI=1S/C62H39NS/c1-2-19-40(20-3-1)63(58-35-16-7-24-45(58)47-26-18-27-48-46-25-8-17-36-59(46)64-60(47)48)41-37-38-53-49(39-41)44-23-6-11-30-52(44)62(53)56-33-14-12-31-54(56)61(55-32-13-15-34-57(55)62)50-28-9-4-21-42(50)43-22-5-10-29-51(43)61/h1-39H. The van der Waals surface area contributed by atoms with Crippen LogP contribution < -0.4 is 4.90 Å². The molecule has 2 spiro atoms. The first-order valence-corrected chi connectivity index (χ1v) is 23.1. The summed E-state index contributed by atoms with van der Waals surface area (Å²) in [5.41, 5.74) is 20.8. The Bertz CT molecular complexity index is 3610. The molecule has 0 unspecified atom stereocenters. The number of para-hydroxylation sites is 2. The number of benzene rings is 10. The molecule has 0 fully saturated rings. The SMILES string of the molecule is c1ccc(N(c2ccc3c(c2)-c2ccccc2C32c3ccccc3C3(c4ccccc4-c4ccccc43)c3ccccc32)c2ccccc2-c2cccc3c2sc2ccccc23)cc1. The first kappa shape index (κ1) is 35.8. The Labute approximate surface area is 376 Å². The van der Waals surface area contributed by atoms with E-state index in [1.54, 1.807) is 0 Å². The predicted molar refractivity (Wildman–Crippen MR) is 268 cm³/mol. The van der Waals surface area contributed by atoms with Crippen LogP contribution in [0.1, 0.15) is 44.5 Å². The lowest BCUT2D eigenvalue weighted by atomic mass is 9.52. The van der Waals surface area contributed by atoms with E-state index in [2.05, 4.69) is 241 Å². The minimum absolute atomic E-state index is 0.464. The molecule has 2 heteroatoms. The second-order valence-corrected chi connectivity index (χ2v) is 18.5. The molecule has 64 heavy (non-hydrogen) atoms. The summed E-state index contributed by atoms with van der Waals surface area (Å²) in [6.07, 6.45) is 0. The van der Waals surface area contributed by atoms with E-state index in [-0.39, 0.29) is 0 Å².